The van der Waals surface area contributed by atoms with Gasteiger partial charge in [-0.1, -0.05) is 38.1 Å². The summed E-state index contributed by atoms with van der Waals surface area (Å²) in [6.07, 6.45) is 3.27. The number of amides is 2. The largest absolute Gasteiger partial charge is 0.349 e. The summed E-state index contributed by atoms with van der Waals surface area (Å²) in [7, 11) is 3.56. The lowest BCUT2D eigenvalue weighted by atomic mass is 9.96. The Hall–Kier alpha value is -1.84. The lowest BCUT2D eigenvalue weighted by Gasteiger charge is -2.33. The van der Waals surface area contributed by atoms with Crippen molar-refractivity contribution < 1.29 is 9.59 Å². The molecule has 0 radical (unpaired) electrons. The summed E-state index contributed by atoms with van der Waals surface area (Å²) in [5.74, 6) is 0.844. The summed E-state index contributed by atoms with van der Waals surface area (Å²) in [4.78, 5) is 28.2. The summed E-state index contributed by atoms with van der Waals surface area (Å²) < 4.78 is 0. The van der Waals surface area contributed by atoms with Gasteiger partial charge in [-0.2, -0.15) is 0 Å². The average molecular weight is 330 g/mol. The minimum absolute atomic E-state index is 0.0499. The Balaban J connectivity index is 1.93. The molecule has 0 aromatic heterocycles. The fourth-order valence-electron chi connectivity index (χ4n) is 3.32. The van der Waals surface area contributed by atoms with Crippen molar-refractivity contribution in [3.63, 3.8) is 0 Å². The Morgan fingerprint density at radius 2 is 1.79 bits per heavy atom. The normalized spacial score (nSPS) is 17.9. The molecule has 4 heteroatoms. The van der Waals surface area contributed by atoms with Gasteiger partial charge in [0.05, 0.1) is 12.3 Å². The van der Waals surface area contributed by atoms with E-state index in [0.29, 0.717) is 18.9 Å². The molecular formula is C20H30N2O2. The van der Waals surface area contributed by atoms with E-state index in [2.05, 4.69) is 38.1 Å². The molecule has 1 saturated heterocycles. The van der Waals surface area contributed by atoms with E-state index in [4.69, 9.17) is 0 Å². The smallest absolute Gasteiger partial charge is 0.227 e. The van der Waals surface area contributed by atoms with Crippen molar-refractivity contribution in [2.75, 3.05) is 27.2 Å². The Kier molecular flexibility index (Phi) is 6.41. The van der Waals surface area contributed by atoms with Gasteiger partial charge in [0.1, 0.15) is 0 Å². The first kappa shape index (κ1) is 18.5. The molecule has 0 saturated carbocycles. The first-order chi connectivity index (χ1) is 11.4. The van der Waals surface area contributed by atoms with Gasteiger partial charge in [0, 0.05) is 27.2 Å². The van der Waals surface area contributed by atoms with Gasteiger partial charge in [-0.15, -0.1) is 0 Å². The highest BCUT2D eigenvalue weighted by atomic mass is 16.2. The second-order valence-electron chi connectivity index (χ2n) is 7.50. The molecule has 2 rings (SSSR count). The lowest BCUT2D eigenvalue weighted by molar-refractivity contribution is -0.138. The summed E-state index contributed by atoms with van der Waals surface area (Å²) in [6, 6.07) is 8.36. The summed E-state index contributed by atoms with van der Waals surface area (Å²) in [5, 5.41) is 0. The van der Waals surface area contributed by atoms with Gasteiger partial charge in [0.2, 0.25) is 11.8 Å². The van der Waals surface area contributed by atoms with Gasteiger partial charge in [0.25, 0.3) is 0 Å². The topological polar surface area (TPSA) is 40.6 Å². The quantitative estimate of drug-likeness (QED) is 0.833. The number of carbonyl (C=O) groups is 2. The monoisotopic (exact) mass is 330 g/mol. The van der Waals surface area contributed by atoms with Crippen molar-refractivity contribution in [2.45, 2.75) is 39.5 Å². The van der Waals surface area contributed by atoms with E-state index in [1.54, 1.807) is 19.0 Å². The molecule has 1 atom stereocenters. The predicted molar refractivity (Wildman–Crippen MR) is 96.7 cm³/mol. The van der Waals surface area contributed by atoms with Crippen LogP contribution >= 0.6 is 0 Å². The number of hydrogen-bond acceptors (Lipinski definition) is 2. The van der Waals surface area contributed by atoms with Crippen LogP contribution in [0.25, 0.3) is 0 Å². The van der Waals surface area contributed by atoms with E-state index >= 15 is 0 Å². The second kappa shape index (κ2) is 8.32. The highest BCUT2D eigenvalue weighted by Crippen LogP contribution is 2.19. The van der Waals surface area contributed by atoms with Gasteiger partial charge in [-0.3, -0.25) is 9.59 Å². The Morgan fingerprint density at radius 3 is 2.38 bits per heavy atom. The molecule has 1 aromatic rings. The molecule has 1 fully saturated rings. The molecule has 1 aromatic carbocycles. The number of nitrogens with zero attached hydrogens (tertiary/aromatic N) is 2. The van der Waals surface area contributed by atoms with Crippen LogP contribution in [0.15, 0.2) is 24.3 Å². The minimum atomic E-state index is -0.0499. The van der Waals surface area contributed by atoms with E-state index in [1.807, 2.05) is 4.90 Å². The van der Waals surface area contributed by atoms with Gasteiger partial charge < -0.3 is 9.80 Å². The molecule has 4 nitrogen and oxygen atoms in total. The van der Waals surface area contributed by atoms with Crippen LogP contribution in [0, 0.1) is 11.8 Å². The van der Waals surface area contributed by atoms with Gasteiger partial charge in [-0.05, 0) is 36.3 Å². The first-order valence-electron chi connectivity index (χ1n) is 8.93. The number of likely N-dealkylation sites (tertiary alicyclic amines) is 1. The molecule has 132 valence electrons. The predicted octanol–water partition coefficient (Wildman–Crippen LogP) is 2.75. The number of benzene rings is 1. The van der Waals surface area contributed by atoms with Crippen molar-refractivity contribution in [2.24, 2.45) is 11.8 Å². The van der Waals surface area contributed by atoms with Crippen LogP contribution in [-0.4, -0.2) is 48.8 Å². The summed E-state index contributed by atoms with van der Waals surface area (Å²) >= 11 is 0. The molecule has 2 amide bonds. The van der Waals surface area contributed by atoms with Crippen LogP contribution in [0.5, 0.6) is 0 Å². The average Bonchev–Trinajstić information content (AvgIpc) is 2.55. The van der Waals surface area contributed by atoms with Crippen LogP contribution in [0.3, 0.4) is 0 Å². The SMILES string of the molecule is CC(C)Cc1ccc(CC(=O)N2CCC[C@@H](C(=O)N(C)C)C2)cc1. The minimum Gasteiger partial charge on any atom is -0.349 e. The Labute approximate surface area is 145 Å². The molecule has 0 spiro atoms. The molecule has 24 heavy (non-hydrogen) atoms. The van der Waals surface area contributed by atoms with Crippen LogP contribution in [0.2, 0.25) is 0 Å². The maximum Gasteiger partial charge on any atom is 0.227 e. The van der Waals surface area contributed by atoms with Crippen molar-refractivity contribution >= 4 is 11.8 Å². The highest BCUT2D eigenvalue weighted by Gasteiger charge is 2.29. The number of rotatable bonds is 5. The van der Waals surface area contributed by atoms with Gasteiger partial charge in [-0.25, -0.2) is 0 Å². The van der Waals surface area contributed by atoms with Crippen LogP contribution in [0.1, 0.15) is 37.8 Å². The number of carbonyl (C=O) groups excluding carboxylic acids is 2. The zero-order valence-electron chi connectivity index (χ0n) is 15.4. The van der Waals surface area contributed by atoms with Crippen molar-refractivity contribution in [1.82, 2.24) is 9.80 Å². The van der Waals surface area contributed by atoms with Crippen LogP contribution < -0.4 is 0 Å². The fraction of sp³-hybridized carbons (Fsp3) is 0.600. The Bertz CT molecular complexity index is 564. The van der Waals surface area contributed by atoms with Crippen molar-refractivity contribution in [3.8, 4) is 0 Å². The molecule has 1 aliphatic heterocycles. The van der Waals surface area contributed by atoms with Crippen molar-refractivity contribution in [3.05, 3.63) is 35.4 Å². The number of hydrogen-bond donors (Lipinski definition) is 0. The molecule has 0 bridgehead atoms. The summed E-state index contributed by atoms with van der Waals surface area (Å²) in [5.41, 5.74) is 2.37. The molecule has 0 aliphatic carbocycles. The third kappa shape index (κ3) is 5.08. The lowest BCUT2D eigenvalue weighted by Crippen LogP contribution is -2.45. The highest BCUT2D eigenvalue weighted by molar-refractivity contribution is 5.82. The van der Waals surface area contributed by atoms with E-state index in [0.717, 1.165) is 31.4 Å². The second-order valence-corrected chi connectivity index (χ2v) is 7.50. The number of piperidine rings is 1. The zero-order chi connectivity index (χ0) is 17.7. The van der Waals surface area contributed by atoms with E-state index in [1.165, 1.54) is 5.56 Å². The Morgan fingerprint density at radius 1 is 1.17 bits per heavy atom. The molecule has 1 aliphatic rings. The van der Waals surface area contributed by atoms with Gasteiger partial charge in [0.15, 0.2) is 0 Å². The molecular weight excluding hydrogens is 300 g/mol. The molecule has 0 unspecified atom stereocenters. The molecule has 0 N–H and O–H groups in total. The fourth-order valence-corrected chi connectivity index (χ4v) is 3.32. The van der Waals surface area contributed by atoms with Crippen molar-refractivity contribution in [1.29, 1.82) is 0 Å². The molecule has 1 heterocycles. The maximum absolute atomic E-state index is 12.6. The summed E-state index contributed by atoms with van der Waals surface area (Å²) in [6.45, 7) is 5.74. The third-order valence-electron chi connectivity index (χ3n) is 4.59. The van der Waals surface area contributed by atoms with E-state index in [-0.39, 0.29) is 17.7 Å². The van der Waals surface area contributed by atoms with Crippen LogP contribution in [-0.2, 0) is 22.4 Å². The van der Waals surface area contributed by atoms with E-state index in [9.17, 15) is 9.59 Å². The van der Waals surface area contributed by atoms with Gasteiger partial charge >= 0.3 is 0 Å². The maximum atomic E-state index is 12.6. The standard InChI is InChI=1S/C20H30N2O2/c1-15(2)12-16-7-9-17(10-8-16)13-19(23)22-11-5-6-18(14-22)20(24)21(3)4/h7-10,15,18H,5-6,11-14H2,1-4H3/t18-/m1/s1. The zero-order valence-corrected chi connectivity index (χ0v) is 15.4. The third-order valence-corrected chi connectivity index (χ3v) is 4.59. The first-order valence-corrected chi connectivity index (χ1v) is 8.93. The van der Waals surface area contributed by atoms with E-state index < -0.39 is 0 Å². The van der Waals surface area contributed by atoms with Crippen LogP contribution in [0.4, 0.5) is 0 Å².